The first-order valence-electron chi connectivity index (χ1n) is 8.74. The lowest BCUT2D eigenvalue weighted by atomic mass is 10.0. The van der Waals surface area contributed by atoms with Gasteiger partial charge in [-0.25, -0.2) is 4.79 Å². The van der Waals surface area contributed by atoms with Crippen LogP contribution in [0.15, 0.2) is 24.3 Å². The van der Waals surface area contributed by atoms with Crippen LogP contribution in [-0.4, -0.2) is 68.3 Å². The van der Waals surface area contributed by atoms with Gasteiger partial charge < -0.3 is 15.4 Å². The summed E-state index contributed by atoms with van der Waals surface area (Å²) in [6.07, 6.45) is 0. The Morgan fingerprint density at radius 1 is 1.28 bits per heavy atom. The van der Waals surface area contributed by atoms with Crippen LogP contribution in [0.4, 0.5) is 10.5 Å². The minimum absolute atomic E-state index is 0.119. The Bertz CT molecular complexity index is 641. The first kappa shape index (κ1) is 17.7. The molecule has 0 saturated carbocycles. The number of nitrogens with one attached hydrogen (secondary N) is 2. The van der Waals surface area contributed by atoms with E-state index in [0.29, 0.717) is 25.2 Å². The van der Waals surface area contributed by atoms with E-state index in [9.17, 15) is 9.59 Å². The molecule has 2 heterocycles. The maximum absolute atomic E-state index is 12.5. The Morgan fingerprint density at radius 2 is 2.04 bits per heavy atom. The Hall–Kier alpha value is -2.12. The summed E-state index contributed by atoms with van der Waals surface area (Å²) in [5.74, 6) is -0.122. The summed E-state index contributed by atoms with van der Waals surface area (Å²) < 4.78 is 5.39. The molecule has 2 N–H and O–H groups in total. The molecule has 25 heavy (non-hydrogen) atoms. The second-order valence-corrected chi connectivity index (χ2v) is 7.03. The number of hydrogen-bond acceptors (Lipinski definition) is 4. The number of rotatable bonds is 5. The van der Waals surface area contributed by atoms with Gasteiger partial charge in [-0.3, -0.25) is 14.6 Å². The molecule has 3 rings (SSSR count). The third kappa shape index (κ3) is 4.11. The monoisotopic (exact) mass is 346 g/mol. The quantitative estimate of drug-likeness (QED) is 0.836. The molecule has 0 unspecified atom stereocenters. The molecule has 0 atom stereocenters. The summed E-state index contributed by atoms with van der Waals surface area (Å²) in [7, 11) is 0. The predicted octanol–water partition coefficient (Wildman–Crippen LogP) is 1.06. The summed E-state index contributed by atoms with van der Waals surface area (Å²) in [4.78, 5) is 28.3. The molecule has 7 nitrogen and oxygen atoms in total. The third-order valence-electron chi connectivity index (χ3n) is 4.83. The number of urea groups is 1. The maximum atomic E-state index is 12.5. The van der Waals surface area contributed by atoms with Crippen LogP contribution in [0.1, 0.15) is 24.2 Å². The van der Waals surface area contributed by atoms with E-state index in [-0.39, 0.29) is 17.5 Å². The normalized spacial score (nSPS) is 19.0. The van der Waals surface area contributed by atoms with Crippen LogP contribution in [0, 0.1) is 0 Å². The highest BCUT2D eigenvalue weighted by molar-refractivity contribution is 5.98. The number of amides is 3. The average molecular weight is 346 g/mol. The molecule has 7 heteroatoms. The van der Waals surface area contributed by atoms with Crippen molar-refractivity contribution < 1.29 is 14.3 Å². The summed E-state index contributed by atoms with van der Waals surface area (Å²) in [6, 6.07) is 7.07. The van der Waals surface area contributed by atoms with E-state index in [1.54, 1.807) is 17.0 Å². The number of anilines is 1. The van der Waals surface area contributed by atoms with Crippen molar-refractivity contribution in [3.63, 3.8) is 0 Å². The van der Waals surface area contributed by atoms with Crippen LogP contribution < -0.4 is 15.5 Å². The SMILES string of the molecule is CC(C)(CNC(=O)c1cccc(N2CCNC2=O)c1)N1CCOCC1. The zero-order valence-electron chi connectivity index (χ0n) is 14.9. The van der Waals surface area contributed by atoms with Crippen LogP contribution in [-0.2, 0) is 4.74 Å². The van der Waals surface area contributed by atoms with Crippen LogP contribution in [0.5, 0.6) is 0 Å². The zero-order chi connectivity index (χ0) is 17.9. The van der Waals surface area contributed by atoms with Gasteiger partial charge in [-0.2, -0.15) is 0 Å². The van der Waals surface area contributed by atoms with Crippen molar-refractivity contribution in [1.29, 1.82) is 0 Å². The molecular formula is C18H26N4O3. The van der Waals surface area contributed by atoms with Gasteiger partial charge in [0, 0.05) is 49.5 Å². The Labute approximate surface area is 148 Å². The average Bonchev–Trinajstić information content (AvgIpc) is 3.06. The molecule has 0 aliphatic carbocycles. The van der Waals surface area contributed by atoms with E-state index >= 15 is 0 Å². The van der Waals surface area contributed by atoms with Crippen LogP contribution in [0.25, 0.3) is 0 Å². The molecule has 0 spiro atoms. The Kier molecular flexibility index (Phi) is 5.24. The van der Waals surface area contributed by atoms with Crippen molar-refractivity contribution in [3.8, 4) is 0 Å². The van der Waals surface area contributed by atoms with Gasteiger partial charge in [0.2, 0.25) is 0 Å². The Balaban J connectivity index is 1.62. The van der Waals surface area contributed by atoms with E-state index in [0.717, 1.165) is 32.0 Å². The van der Waals surface area contributed by atoms with E-state index in [2.05, 4.69) is 29.4 Å². The van der Waals surface area contributed by atoms with Crippen LogP contribution in [0.2, 0.25) is 0 Å². The van der Waals surface area contributed by atoms with E-state index in [4.69, 9.17) is 4.74 Å². The number of ether oxygens (including phenoxy) is 1. The molecule has 0 aromatic heterocycles. The largest absolute Gasteiger partial charge is 0.379 e. The van der Waals surface area contributed by atoms with Crippen molar-refractivity contribution in [2.75, 3.05) is 50.8 Å². The summed E-state index contributed by atoms with van der Waals surface area (Å²) >= 11 is 0. The number of carbonyl (C=O) groups excluding carboxylic acids is 2. The van der Waals surface area contributed by atoms with Gasteiger partial charge in [0.15, 0.2) is 0 Å². The third-order valence-corrected chi connectivity index (χ3v) is 4.83. The number of morpholine rings is 1. The highest BCUT2D eigenvalue weighted by atomic mass is 16.5. The van der Waals surface area contributed by atoms with Gasteiger partial charge in [-0.05, 0) is 32.0 Å². The lowest BCUT2D eigenvalue weighted by molar-refractivity contribution is -0.00923. The fourth-order valence-electron chi connectivity index (χ4n) is 3.21. The van der Waals surface area contributed by atoms with Crippen LogP contribution >= 0.6 is 0 Å². The number of nitrogens with zero attached hydrogens (tertiary/aromatic N) is 2. The smallest absolute Gasteiger partial charge is 0.321 e. The second-order valence-electron chi connectivity index (χ2n) is 7.03. The van der Waals surface area contributed by atoms with Gasteiger partial charge in [-0.15, -0.1) is 0 Å². The highest BCUT2D eigenvalue weighted by Gasteiger charge is 2.29. The molecule has 0 radical (unpaired) electrons. The number of carbonyl (C=O) groups is 2. The first-order valence-corrected chi connectivity index (χ1v) is 8.74. The fourth-order valence-corrected chi connectivity index (χ4v) is 3.21. The summed E-state index contributed by atoms with van der Waals surface area (Å²) in [5, 5.41) is 5.79. The van der Waals surface area contributed by atoms with Gasteiger partial charge in [0.05, 0.1) is 13.2 Å². The van der Waals surface area contributed by atoms with Crippen LogP contribution in [0.3, 0.4) is 0 Å². The molecule has 1 aromatic carbocycles. The van der Waals surface area contributed by atoms with E-state index in [1.165, 1.54) is 0 Å². The van der Waals surface area contributed by atoms with Crippen molar-refractivity contribution in [2.24, 2.45) is 0 Å². The van der Waals surface area contributed by atoms with E-state index < -0.39 is 0 Å². The zero-order valence-corrected chi connectivity index (χ0v) is 14.9. The summed E-state index contributed by atoms with van der Waals surface area (Å²) in [5.41, 5.74) is 1.18. The van der Waals surface area contributed by atoms with Crippen molar-refractivity contribution >= 4 is 17.6 Å². The molecule has 0 bridgehead atoms. The molecule has 2 aliphatic heterocycles. The Morgan fingerprint density at radius 3 is 2.72 bits per heavy atom. The minimum atomic E-state index is -0.133. The molecule has 2 aliphatic rings. The maximum Gasteiger partial charge on any atom is 0.321 e. The standard InChI is InChI=1S/C18H26N4O3/c1-18(2,21-8-10-25-11-9-21)13-20-16(23)14-4-3-5-15(12-14)22-7-6-19-17(22)24/h3-5,12H,6-11,13H2,1-2H3,(H,19,24)(H,20,23). The lowest BCUT2D eigenvalue weighted by Crippen LogP contribution is -2.55. The van der Waals surface area contributed by atoms with Gasteiger partial charge in [0.25, 0.3) is 5.91 Å². The molecular weight excluding hydrogens is 320 g/mol. The lowest BCUT2D eigenvalue weighted by Gasteiger charge is -2.40. The predicted molar refractivity (Wildman–Crippen MR) is 96.0 cm³/mol. The molecule has 3 amide bonds. The molecule has 2 fully saturated rings. The fraction of sp³-hybridized carbons (Fsp3) is 0.556. The summed E-state index contributed by atoms with van der Waals surface area (Å²) in [6.45, 7) is 9.28. The van der Waals surface area contributed by atoms with Crippen molar-refractivity contribution in [2.45, 2.75) is 19.4 Å². The topological polar surface area (TPSA) is 73.9 Å². The minimum Gasteiger partial charge on any atom is -0.379 e. The molecule has 136 valence electrons. The van der Waals surface area contributed by atoms with Crippen molar-refractivity contribution in [3.05, 3.63) is 29.8 Å². The molecule has 1 aromatic rings. The van der Waals surface area contributed by atoms with E-state index in [1.807, 2.05) is 12.1 Å². The number of benzene rings is 1. The van der Waals surface area contributed by atoms with Gasteiger partial charge in [0.1, 0.15) is 0 Å². The second kappa shape index (κ2) is 7.41. The first-order chi connectivity index (χ1) is 12.0. The van der Waals surface area contributed by atoms with Gasteiger partial charge in [-0.1, -0.05) is 6.07 Å². The highest BCUT2D eigenvalue weighted by Crippen LogP contribution is 2.19. The molecule has 2 saturated heterocycles. The van der Waals surface area contributed by atoms with Crippen molar-refractivity contribution in [1.82, 2.24) is 15.5 Å². The number of hydrogen-bond donors (Lipinski definition) is 2. The van der Waals surface area contributed by atoms with Gasteiger partial charge >= 0.3 is 6.03 Å².